The van der Waals surface area contributed by atoms with Gasteiger partial charge in [0.05, 0.1) is 25.1 Å². The quantitative estimate of drug-likeness (QED) is 0.658. The fourth-order valence-corrected chi connectivity index (χ4v) is 4.34. The molecule has 0 radical (unpaired) electrons. The van der Waals surface area contributed by atoms with E-state index in [2.05, 4.69) is 24.1 Å². The zero-order valence-corrected chi connectivity index (χ0v) is 17.4. The van der Waals surface area contributed by atoms with E-state index in [0.717, 1.165) is 31.8 Å². The highest BCUT2D eigenvalue weighted by atomic mass is 32.2. The number of furan rings is 1. The van der Waals surface area contributed by atoms with E-state index in [1.54, 1.807) is 6.26 Å². The van der Waals surface area contributed by atoms with Gasteiger partial charge in [0, 0.05) is 26.2 Å². The lowest BCUT2D eigenvalue weighted by Gasteiger charge is -2.28. The molecule has 1 fully saturated rings. The van der Waals surface area contributed by atoms with Crippen LogP contribution < -0.4 is 5.32 Å². The van der Waals surface area contributed by atoms with E-state index in [-0.39, 0.29) is 18.5 Å². The van der Waals surface area contributed by atoms with Gasteiger partial charge in [0.2, 0.25) is 15.9 Å². The second-order valence-corrected chi connectivity index (χ2v) is 8.83. The van der Waals surface area contributed by atoms with Crippen LogP contribution in [0.2, 0.25) is 0 Å². The minimum absolute atomic E-state index is 0.00353. The molecule has 8 nitrogen and oxygen atoms in total. The molecule has 1 aliphatic heterocycles. The summed E-state index contributed by atoms with van der Waals surface area (Å²) in [6.45, 7) is 8.90. The van der Waals surface area contributed by atoms with Crippen molar-refractivity contribution in [3.63, 3.8) is 0 Å². The average molecular weight is 401 g/mol. The fraction of sp³-hybridized carbons (Fsp3) is 0.722. The highest BCUT2D eigenvalue weighted by molar-refractivity contribution is 7.88. The summed E-state index contributed by atoms with van der Waals surface area (Å²) in [7, 11) is -3.17. The minimum Gasteiger partial charge on any atom is -0.468 e. The Bertz CT molecular complexity index is 674. The van der Waals surface area contributed by atoms with E-state index in [9.17, 15) is 13.2 Å². The molecule has 1 amide bonds. The van der Waals surface area contributed by atoms with Crippen molar-refractivity contribution in [3.8, 4) is 0 Å². The molecule has 27 heavy (non-hydrogen) atoms. The van der Waals surface area contributed by atoms with E-state index in [1.807, 2.05) is 17.0 Å². The normalized spacial score (nSPS) is 18.4. The fourth-order valence-electron chi connectivity index (χ4n) is 3.46. The predicted molar refractivity (Wildman–Crippen MR) is 105 cm³/mol. The largest absolute Gasteiger partial charge is 0.468 e. The summed E-state index contributed by atoms with van der Waals surface area (Å²) >= 11 is 0. The van der Waals surface area contributed by atoms with Gasteiger partial charge in [-0.05, 0) is 38.2 Å². The van der Waals surface area contributed by atoms with E-state index in [4.69, 9.17) is 4.42 Å². The lowest BCUT2D eigenvalue weighted by molar-refractivity contribution is -0.122. The summed E-state index contributed by atoms with van der Waals surface area (Å²) in [6, 6.07) is 3.80. The number of likely N-dealkylation sites (N-methyl/N-ethyl adjacent to an activating group) is 1. The number of sulfonamides is 1. The average Bonchev–Trinajstić information content (AvgIpc) is 3.03. The highest BCUT2D eigenvalue weighted by Crippen LogP contribution is 2.20. The lowest BCUT2D eigenvalue weighted by Crippen LogP contribution is -2.43. The van der Waals surface area contributed by atoms with Crippen LogP contribution in [-0.4, -0.2) is 87.0 Å². The van der Waals surface area contributed by atoms with Gasteiger partial charge in [-0.1, -0.05) is 13.8 Å². The number of carbonyl (C=O) groups excluding carboxylic acids is 1. The Labute approximate surface area is 162 Å². The molecule has 0 aliphatic carbocycles. The van der Waals surface area contributed by atoms with Gasteiger partial charge in [-0.15, -0.1) is 0 Å². The maximum atomic E-state index is 12.4. The molecule has 1 unspecified atom stereocenters. The van der Waals surface area contributed by atoms with Crippen LogP contribution in [-0.2, 0) is 14.8 Å². The molecule has 0 bridgehead atoms. The summed E-state index contributed by atoms with van der Waals surface area (Å²) in [5, 5.41) is 3.02. The molecule has 9 heteroatoms. The second-order valence-electron chi connectivity index (χ2n) is 6.85. The van der Waals surface area contributed by atoms with Crippen molar-refractivity contribution in [3.05, 3.63) is 24.2 Å². The molecule has 2 heterocycles. The first-order valence-corrected chi connectivity index (χ1v) is 11.4. The van der Waals surface area contributed by atoms with Crippen molar-refractivity contribution in [2.75, 3.05) is 58.6 Å². The summed E-state index contributed by atoms with van der Waals surface area (Å²) in [5.74, 6) is 0.795. The molecular weight excluding hydrogens is 368 g/mol. The van der Waals surface area contributed by atoms with Crippen molar-refractivity contribution in [2.24, 2.45) is 0 Å². The number of nitrogens with one attached hydrogen (secondary N) is 1. The van der Waals surface area contributed by atoms with Crippen molar-refractivity contribution in [2.45, 2.75) is 26.3 Å². The van der Waals surface area contributed by atoms with Gasteiger partial charge < -0.3 is 9.73 Å². The molecule has 1 aromatic heterocycles. The van der Waals surface area contributed by atoms with Gasteiger partial charge in [-0.3, -0.25) is 14.6 Å². The zero-order chi connectivity index (χ0) is 19.9. The molecule has 2 rings (SSSR count). The Morgan fingerprint density at radius 1 is 1.26 bits per heavy atom. The number of hydrogen-bond donors (Lipinski definition) is 1. The molecule has 0 spiro atoms. The van der Waals surface area contributed by atoms with Crippen LogP contribution in [0.1, 0.15) is 32.1 Å². The predicted octanol–water partition coefficient (Wildman–Crippen LogP) is 0.746. The monoisotopic (exact) mass is 400 g/mol. The van der Waals surface area contributed by atoms with Crippen LogP contribution in [0.4, 0.5) is 0 Å². The summed E-state index contributed by atoms with van der Waals surface area (Å²) in [5.41, 5.74) is 0. The van der Waals surface area contributed by atoms with Crippen molar-refractivity contribution in [1.82, 2.24) is 19.4 Å². The molecule has 1 atom stereocenters. The van der Waals surface area contributed by atoms with Gasteiger partial charge in [-0.25, -0.2) is 12.7 Å². The summed E-state index contributed by atoms with van der Waals surface area (Å²) in [4.78, 5) is 16.7. The molecule has 0 aromatic carbocycles. The van der Waals surface area contributed by atoms with E-state index >= 15 is 0 Å². The number of nitrogens with zero attached hydrogens (tertiary/aromatic N) is 3. The molecule has 1 saturated heterocycles. The van der Waals surface area contributed by atoms with Crippen LogP contribution in [0.5, 0.6) is 0 Å². The van der Waals surface area contributed by atoms with Gasteiger partial charge in [0.1, 0.15) is 5.76 Å². The maximum absolute atomic E-state index is 12.4. The number of amides is 1. The first-order chi connectivity index (χ1) is 12.8. The van der Waals surface area contributed by atoms with Crippen LogP contribution in [0.25, 0.3) is 0 Å². The number of rotatable bonds is 9. The van der Waals surface area contributed by atoms with Crippen LogP contribution >= 0.6 is 0 Å². The second kappa shape index (κ2) is 10.2. The van der Waals surface area contributed by atoms with Crippen LogP contribution in [0, 0.1) is 0 Å². The Hall–Kier alpha value is -1.42. The Morgan fingerprint density at radius 3 is 2.59 bits per heavy atom. The Balaban J connectivity index is 1.87. The van der Waals surface area contributed by atoms with Crippen molar-refractivity contribution >= 4 is 15.9 Å². The first kappa shape index (κ1) is 21.9. The summed E-state index contributed by atoms with van der Waals surface area (Å²) in [6.07, 6.45) is 3.62. The van der Waals surface area contributed by atoms with Gasteiger partial charge in [0.15, 0.2) is 0 Å². The van der Waals surface area contributed by atoms with Crippen LogP contribution in [0.3, 0.4) is 0 Å². The van der Waals surface area contributed by atoms with Gasteiger partial charge in [-0.2, -0.15) is 0 Å². The molecular formula is C18H32N4O4S. The summed E-state index contributed by atoms with van der Waals surface area (Å²) < 4.78 is 30.4. The topological polar surface area (TPSA) is 86.1 Å². The van der Waals surface area contributed by atoms with Crippen molar-refractivity contribution in [1.29, 1.82) is 0 Å². The Kier molecular flexibility index (Phi) is 8.28. The number of hydrogen-bond acceptors (Lipinski definition) is 6. The highest BCUT2D eigenvalue weighted by Gasteiger charge is 2.24. The third-order valence-corrected chi connectivity index (χ3v) is 6.30. The smallest absolute Gasteiger partial charge is 0.234 e. The number of carbonyl (C=O) groups is 1. The van der Waals surface area contributed by atoms with Gasteiger partial charge >= 0.3 is 0 Å². The first-order valence-electron chi connectivity index (χ1n) is 9.56. The lowest BCUT2D eigenvalue weighted by atomic mass is 10.2. The standard InChI is InChI=1S/C18H32N4O4S/c1-4-21(5-2)16(17-8-6-13-26-17)14-19-18(23)15-20-9-7-10-22(12-11-20)27(3,24)25/h6,8,13,16H,4-5,7,9-12,14-15H2,1-3H3,(H,19,23). The molecule has 1 aliphatic rings. The minimum atomic E-state index is -3.17. The molecule has 1 N–H and O–H groups in total. The molecule has 1 aromatic rings. The maximum Gasteiger partial charge on any atom is 0.234 e. The van der Waals surface area contributed by atoms with Gasteiger partial charge in [0.25, 0.3) is 0 Å². The van der Waals surface area contributed by atoms with Crippen molar-refractivity contribution < 1.29 is 17.6 Å². The van der Waals surface area contributed by atoms with E-state index in [0.29, 0.717) is 26.2 Å². The SMILES string of the molecule is CCN(CC)C(CNC(=O)CN1CCCN(S(C)(=O)=O)CC1)c1ccco1. The third-order valence-electron chi connectivity index (χ3n) is 5.00. The third kappa shape index (κ3) is 6.60. The van der Waals surface area contributed by atoms with Crippen LogP contribution in [0.15, 0.2) is 22.8 Å². The molecule has 0 saturated carbocycles. The van der Waals surface area contributed by atoms with E-state index in [1.165, 1.54) is 10.6 Å². The Morgan fingerprint density at radius 2 is 2.00 bits per heavy atom. The molecule has 154 valence electrons. The van der Waals surface area contributed by atoms with E-state index < -0.39 is 10.0 Å². The zero-order valence-electron chi connectivity index (χ0n) is 16.6.